The first kappa shape index (κ1) is 24.8. The minimum absolute atomic E-state index is 0.192. The molecule has 0 N–H and O–H groups in total. The molecule has 2 aromatic rings. The fraction of sp³-hybridized carbons (Fsp3) is 0.300. The zero-order valence-electron chi connectivity index (χ0n) is 16.9. The molecule has 0 aliphatic carbocycles. The number of esters is 2. The van der Waals surface area contributed by atoms with Crippen molar-refractivity contribution in [3.8, 4) is 11.5 Å². The zero-order chi connectivity index (χ0) is 24.2. The number of benzene rings is 2. The van der Waals surface area contributed by atoms with E-state index in [1.54, 1.807) is 0 Å². The number of ether oxygens (including phenoxy) is 4. The van der Waals surface area contributed by atoms with E-state index in [0.717, 1.165) is 14.2 Å². The molecule has 0 radical (unpaired) electrons. The minimum atomic E-state index is -1.62. The molecule has 0 aromatic heterocycles. The van der Waals surface area contributed by atoms with Crippen LogP contribution in [0, 0.1) is 34.9 Å². The van der Waals surface area contributed by atoms with E-state index in [2.05, 4.69) is 9.47 Å². The fourth-order valence-corrected chi connectivity index (χ4v) is 2.52. The molecule has 0 heterocycles. The predicted octanol–water partition coefficient (Wildman–Crippen LogP) is 4.33. The topological polar surface area (TPSA) is 71.1 Å². The van der Waals surface area contributed by atoms with E-state index in [-0.39, 0.29) is 12.5 Å². The van der Waals surface area contributed by atoms with Crippen LogP contribution in [-0.2, 0) is 9.47 Å². The van der Waals surface area contributed by atoms with Crippen molar-refractivity contribution in [1.29, 1.82) is 0 Å². The first-order valence-corrected chi connectivity index (χ1v) is 8.84. The molecule has 174 valence electrons. The van der Waals surface area contributed by atoms with E-state index in [4.69, 9.17) is 9.47 Å². The van der Waals surface area contributed by atoms with Gasteiger partial charge in [0, 0.05) is 6.42 Å². The van der Waals surface area contributed by atoms with Crippen LogP contribution in [-0.4, -0.2) is 38.9 Å². The Morgan fingerprint density at radius 3 is 1.66 bits per heavy atom. The summed E-state index contributed by atoms with van der Waals surface area (Å²) in [6, 6.07) is 0.583. The third-order valence-electron chi connectivity index (χ3n) is 4.15. The smallest absolute Gasteiger partial charge is 0.341 e. The Morgan fingerprint density at radius 1 is 0.781 bits per heavy atom. The average molecular weight is 466 g/mol. The molecule has 32 heavy (non-hydrogen) atoms. The van der Waals surface area contributed by atoms with Gasteiger partial charge in [-0.1, -0.05) is 0 Å². The normalized spacial score (nSPS) is 11.7. The van der Waals surface area contributed by atoms with Crippen molar-refractivity contribution < 1.29 is 54.9 Å². The first-order valence-electron chi connectivity index (χ1n) is 8.84. The molecule has 1 atom stereocenters. The van der Waals surface area contributed by atoms with Gasteiger partial charge in [-0.15, -0.1) is 0 Å². The number of halogens is 6. The minimum Gasteiger partial charge on any atom is -0.491 e. The van der Waals surface area contributed by atoms with E-state index >= 15 is 0 Å². The number of rotatable bonds is 8. The molecule has 12 heteroatoms. The molecule has 0 saturated heterocycles. The third-order valence-corrected chi connectivity index (χ3v) is 4.15. The predicted molar refractivity (Wildman–Crippen MR) is 95.5 cm³/mol. The van der Waals surface area contributed by atoms with Crippen LogP contribution in [0.5, 0.6) is 11.5 Å². The molecule has 0 saturated carbocycles. The molecule has 1 unspecified atom stereocenters. The van der Waals surface area contributed by atoms with Gasteiger partial charge in [0.15, 0.2) is 34.8 Å². The summed E-state index contributed by atoms with van der Waals surface area (Å²) in [6.45, 7) is 0.833. The fourth-order valence-electron chi connectivity index (χ4n) is 2.52. The van der Waals surface area contributed by atoms with E-state index in [1.165, 1.54) is 6.92 Å². The van der Waals surface area contributed by atoms with Crippen LogP contribution in [0.4, 0.5) is 26.3 Å². The Bertz CT molecular complexity index is 1040. The second-order valence-corrected chi connectivity index (χ2v) is 6.27. The monoisotopic (exact) mass is 466 g/mol. The highest BCUT2D eigenvalue weighted by atomic mass is 19.2. The maximum atomic E-state index is 14.1. The summed E-state index contributed by atoms with van der Waals surface area (Å²) in [5.41, 5.74) is -1.86. The summed E-state index contributed by atoms with van der Waals surface area (Å²) in [6.07, 6.45) is -1.22. The first-order chi connectivity index (χ1) is 15.0. The third kappa shape index (κ3) is 5.06. The molecular formula is C20H16F6O6. The number of methoxy groups -OCH3 is 2. The summed E-state index contributed by atoms with van der Waals surface area (Å²) in [5, 5.41) is 0. The highest BCUT2D eigenvalue weighted by molar-refractivity contribution is 5.91. The number of hydrogen-bond donors (Lipinski definition) is 0. The van der Waals surface area contributed by atoms with Crippen LogP contribution < -0.4 is 9.47 Å². The Labute approximate surface area is 177 Å². The van der Waals surface area contributed by atoms with Crippen molar-refractivity contribution in [3.63, 3.8) is 0 Å². The van der Waals surface area contributed by atoms with Crippen LogP contribution in [0.25, 0.3) is 0 Å². The van der Waals surface area contributed by atoms with Crippen molar-refractivity contribution in [2.75, 3.05) is 20.8 Å². The summed E-state index contributed by atoms with van der Waals surface area (Å²) >= 11 is 0. The Kier molecular flexibility index (Phi) is 7.95. The van der Waals surface area contributed by atoms with Crippen molar-refractivity contribution in [3.05, 3.63) is 58.2 Å². The molecule has 0 spiro atoms. The number of carbonyl (C=O) groups excluding carboxylic acids is 2. The summed E-state index contributed by atoms with van der Waals surface area (Å²) < 4.78 is 100. The SMILES string of the molecule is COc1c(F)c(F)cc(C(=O)OCCC(C)OC(=O)c2cc(F)c(F)c(OC)c2F)c1F. The lowest BCUT2D eigenvalue weighted by molar-refractivity contribution is 0.0222. The summed E-state index contributed by atoms with van der Waals surface area (Å²) in [7, 11) is 1.75. The van der Waals surface area contributed by atoms with Crippen LogP contribution in [0.2, 0.25) is 0 Å². The Morgan fingerprint density at radius 2 is 1.22 bits per heavy atom. The van der Waals surface area contributed by atoms with Crippen LogP contribution in [0.1, 0.15) is 34.1 Å². The van der Waals surface area contributed by atoms with Crippen LogP contribution in [0.3, 0.4) is 0 Å². The molecule has 2 aromatic carbocycles. The van der Waals surface area contributed by atoms with Gasteiger partial charge in [0.05, 0.1) is 20.8 Å². The van der Waals surface area contributed by atoms with Crippen molar-refractivity contribution in [2.45, 2.75) is 19.4 Å². The van der Waals surface area contributed by atoms with Crippen LogP contribution >= 0.6 is 0 Å². The second-order valence-electron chi connectivity index (χ2n) is 6.27. The lowest BCUT2D eigenvalue weighted by Crippen LogP contribution is -2.20. The lowest BCUT2D eigenvalue weighted by atomic mass is 10.1. The van der Waals surface area contributed by atoms with Gasteiger partial charge in [0.1, 0.15) is 17.2 Å². The summed E-state index contributed by atoms with van der Waals surface area (Å²) in [4.78, 5) is 24.0. The van der Waals surface area contributed by atoms with E-state index < -0.39 is 82.2 Å². The van der Waals surface area contributed by atoms with Crippen molar-refractivity contribution in [2.24, 2.45) is 0 Å². The van der Waals surface area contributed by atoms with Crippen molar-refractivity contribution in [1.82, 2.24) is 0 Å². The standard InChI is InChI=1S/C20H16F6O6/c1-8(32-20(28)10-7-12(22)16(26)18(30-3)14(10)24)4-5-31-19(27)9-6-11(21)15(25)17(29-2)13(9)23/h6-8H,4-5H2,1-3H3. The number of hydrogen-bond acceptors (Lipinski definition) is 6. The van der Waals surface area contributed by atoms with Gasteiger partial charge < -0.3 is 18.9 Å². The van der Waals surface area contributed by atoms with Gasteiger partial charge in [-0.3, -0.25) is 0 Å². The highest BCUT2D eigenvalue weighted by Gasteiger charge is 2.27. The van der Waals surface area contributed by atoms with E-state index in [1.807, 2.05) is 0 Å². The largest absolute Gasteiger partial charge is 0.491 e. The van der Waals surface area contributed by atoms with Gasteiger partial charge in [0.2, 0.25) is 11.6 Å². The molecular weight excluding hydrogens is 450 g/mol. The van der Waals surface area contributed by atoms with E-state index in [9.17, 15) is 35.9 Å². The van der Waals surface area contributed by atoms with Gasteiger partial charge in [-0.05, 0) is 19.1 Å². The van der Waals surface area contributed by atoms with Gasteiger partial charge in [-0.2, -0.15) is 8.78 Å². The van der Waals surface area contributed by atoms with Gasteiger partial charge >= 0.3 is 11.9 Å². The Hall–Kier alpha value is -3.44. The lowest BCUT2D eigenvalue weighted by Gasteiger charge is -2.15. The van der Waals surface area contributed by atoms with Crippen molar-refractivity contribution >= 4 is 11.9 Å². The van der Waals surface area contributed by atoms with E-state index in [0.29, 0.717) is 6.07 Å². The highest BCUT2D eigenvalue weighted by Crippen LogP contribution is 2.29. The summed E-state index contributed by atoms with van der Waals surface area (Å²) in [5.74, 6) is -14.2. The molecule has 6 nitrogen and oxygen atoms in total. The average Bonchev–Trinajstić information content (AvgIpc) is 2.74. The quantitative estimate of drug-likeness (QED) is 0.328. The second kappa shape index (κ2) is 10.2. The number of carbonyl (C=O) groups is 2. The Balaban J connectivity index is 2.01. The molecule has 0 fully saturated rings. The zero-order valence-corrected chi connectivity index (χ0v) is 16.9. The molecule has 2 rings (SSSR count). The van der Waals surface area contributed by atoms with Gasteiger partial charge in [-0.25, -0.2) is 27.2 Å². The maximum Gasteiger partial charge on any atom is 0.341 e. The molecule has 0 bridgehead atoms. The molecule has 0 aliphatic rings. The van der Waals surface area contributed by atoms with Gasteiger partial charge in [0.25, 0.3) is 0 Å². The molecule has 0 amide bonds. The van der Waals surface area contributed by atoms with Crippen LogP contribution in [0.15, 0.2) is 12.1 Å². The molecule has 0 aliphatic heterocycles. The maximum absolute atomic E-state index is 14.1.